The van der Waals surface area contributed by atoms with E-state index in [0.29, 0.717) is 19.6 Å². The van der Waals surface area contributed by atoms with Gasteiger partial charge in [-0.2, -0.15) is 0 Å². The molecule has 5 heteroatoms. The first-order valence-corrected chi connectivity index (χ1v) is 8.72. The molecular formula is C20H26N2O3. The zero-order valence-corrected chi connectivity index (χ0v) is 15.0. The second-order valence-corrected chi connectivity index (χ2v) is 5.67. The van der Waals surface area contributed by atoms with Crippen LogP contribution >= 0.6 is 0 Å². The van der Waals surface area contributed by atoms with E-state index in [-0.39, 0.29) is 5.97 Å². The van der Waals surface area contributed by atoms with Gasteiger partial charge in [-0.3, -0.25) is 4.79 Å². The van der Waals surface area contributed by atoms with Gasteiger partial charge in [0.1, 0.15) is 11.6 Å². The molecule has 0 spiro atoms. The maximum absolute atomic E-state index is 11.3. The Kier molecular flexibility index (Phi) is 7.76. The molecule has 0 atom stereocenters. The number of nitrogens with one attached hydrogen (secondary N) is 1. The highest BCUT2D eigenvalue weighted by atomic mass is 16.5. The number of rotatable bonds is 10. The number of esters is 1. The summed E-state index contributed by atoms with van der Waals surface area (Å²) >= 11 is 0. The lowest BCUT2D eigenvalue weighted by Gasteiger charge is -2.08. The summed E-state index contributed by atoms with van der Waals surface area (Å²) in [4.78, 5) is 15.8. The van der Waals surface area contributed by atoms with Crippen LogP contribution in [-0.2, 0) is 22.4 Å². The number of aromatic nitrogens is 1. The smallest absolute Gasteiger partial charge is 0.305 e. The Labute approximate surface area is 149 Å². The lowest BCUT2D eigenvalue weighted by molar-refractivity contribution is -0.143. The van der Waals surface area contributed by atoms with Crippen LogP contribution in [0.2, 0.25) is 0 Å². The molecule has 0 fully saturated rings. The van der Waals surface area contributed by atoms with E-state index in [1.807, 2.05) is 56.4 Å². The molecule has 0 aliphatic carbocycles. The van der Waals surface area contributed by atoms with Crippen LogP contribution in [0.4, 0.5) is 5.82 Å². The number of hydrogen-bond donors (Lipinski definition) is 1. The number of ether oxygens (including phenoxy) is 2. The van der Waals surface area contributed by atoms with Crippen molar-refractivity contribution < 1.29 is 14.3 Å². The number of carbonyl (C=O) groups is 1. The summed E-state index contributed by atoms with van der Waals surface area (Å²) in [5.41, 5.74) is 2.20. The van der Waals surface area contributed by atoms with E-state index in [2.05, 4.69) is 10.3 Å². The summed E-state index contributed by atoms with van der Waals surface area (Å²) in [5, 5.41) is 3.03. The Morgan fingerprint density at radius 2 is 1.92 bits per heavy atom. The molecule has 0 radical (unpaired) electrons. The van der Waals surface area contributed by atoms with E-state index in [1.165, 1.54) is 5.56 Å². The molecule has 1 aromatic heterocycles. The van der Waals surface area contributed by atoms with E-state index < -0.39 is 0 Å². The monoisotopic (exact) mass is 342 g/mol. The van der Waals surface area contributed by atoms with Gasteiger partial charge in [-0.25, -0.2) is 4.98 Å². The molecule has 1 N–H and O–H groups in total. The van der Waals surface area contributed by atoms with Gasteiger partial charge in [0.15, 0.2) is 0 Å². The van der Waals surface area contributed by atoms with Gasteiger partial charge in [-0.1, -0.05) is 18.2 Å². The van der Waals surface area contributed by atoms with Crippen molar-refractivity contribution in [2.24, 2.45) is 0 Å². The standard InChI is InChI=1S/C20H26N2O3/c1-3-24-20(23)9-4-6-16-10-12-18(13-11-16)25-15-14-17-7-5-8-19(21-2)22-17/h5,7-8,10-13H,3-4,6,9,14-15H2,1-2H3,(H,21,22). The summed E-state index contributed by atoms with van der Waals surface area (Å²) in [5.74, 6) is 1.59. The Morgan fingerprint density at radius 3 is 2.64 bits per heavy atom. The van der Waals surface area contributed by atoms with Crippen molar-refractivity contribution in [3.8, 4) is 5.75 Å². The van der Waals surface area contributed by atoms with Crippen molar-refractivity contribution in [1.82, 2.24) is 4.98 Å². The van der Waals surface area contributed by atoms with Gasteiger partial charge in [-0.05, 0) is 49.6 Å². The zero-order valence-electron chi connectivity index (χ0n) is 15.0. The van der Waals surface area contributed by atoms with E-state index in [4.69, 9.17) is 9.47 Å². The summed E-state index contributed by atoms with van der Waals surface area (Å²) in [6.45, 7) is 2.85. The van der Waals surface area contributed by atoms with Crippen LogP contribution in [0.1, 0.15) is 31.0 Å². The molecular weight excluding hydrogens is 316 g/mol. The first-order chi connectivity index (χ1) is 12.2. The maximum atomic E-state index is 11.3. The molecule has 1 aromatic carbocycles. The highest BCUT2D eigenvalue weighted by Crippen LogP contribution is 2.15. The minimum absolute atomic E-state index is 0.126. The van der Waals surface area contributed by atoms with E-state index in [1.54, 1.807) is 0 Å². The van der Waals surface area contributed by atoms with Crippen molar-refractivity contribution in [1.29, 1.82) is 0 Å². The van der Waals surface area contributed by atoms with E-state index in [0.717, 1.165) is 36.5 Å². The first-order valence-electron chi connectivity index (χ1n) is 8.72. The molecule has 2 rings (SSSR count). The zero-order chi connectivity index (χ0) is 17.9. The van der Waals surface area contributed by atoms with Crippen molar-refractivity contribution in [2.75, 3.05) is 25.6 Å². The number of pyridine rings is 1. The third kappa shape index (κ3) is 6.83. The van der Waals surface area contributed by atoms with Crippen LogP contribution in [0.15, 0.2) is 42.5 Å². The van der Waals surface area contributed by atoms with Crippen LogP contribution in [0.5, 0.6) is 5.75 Å². The van der Waals surface area contributed by atoms with Crippen molar-refractivity contribution in [2.45, 2.75) is 32.6 Å². The molecule has 5 nitrogen and oxygen atoms in total. The molecule has 0 saturated carbocycles. The second kappa shape index (κ2) is 10.3. The Balaban J connectivity index is 1.71. The van der Waals surface area contributed by atoms with Crippen LogP contribution in [0.3, 0.4) is 0 Å². The number of aryl methyl sites for hydroxylation is 1. The van der Waals surface area contributed by atoms with Gasteiger partial charge in [0.2, 0.25) is 0 Å². The molecule has 134 valence electrons. The summed E-state index contributed by atoms with van der Waals surface area (Å²) in [6, 6.07) is 13.9. The Hall–Kier alpha value is -2.56. The molecule has 2 aromatic rings. The SMILES string of the molecule is CCOC(=O)CCCc1ccc(OCCc2cccc(NC)n2)cc1. The summed E-state index contributed by atoms with van der Waals surface area (Å²) in [6.07, 6.45) is 2.88. The average molecular weight is 342 g/mol. The average Bonchev–Trinajstić information content (AvgIpc) is 2.63. The molecule has 0 aliphatic rings. The van der Waals surface area contributed by atoms with Gasteiger partial charge < -0.3 is 14.8 Å². The largest absolute Gasteiger partial charge is 0.493 e. The van der Waals surface area contributed by atoms with Crippen LogP contribution < -0.4 is 10.1 Å². The van der Waals surface area contributed by atoms with Crippen molar-refractivity contribution in [3.05, 3.63) is 53.7 Å². The second-order valence-electron chi connectivity index (χ2n) is 5.67. The molecule has 0 bridgehead atoms. The molecule has 1 heterocycles. The van der Waals surface area contributed by atoms with Gasteiger partial charge >= 0.3 is 5.97 Å². The molecule has 0 amide bonds. The van der Waals surface area contributed by atoms with Crippen LogP contribution in [0, 0.1) is 0 Å². The van der Waals surface area contributed by atoms with Gasteiger partial charge in [-0.15, -0.1) is 0 Å². The van der Waals surface area contributed by atoms with E-state index in [9.17, 15) is 4.79 Å². The predicted octanol–water partition coefficient (Wildman–Crippen LogP) is 3.63. The fourth-order valence-electron chi connectivity index (χ4n) is 2.45. The number of anilines is 1. The molecule has 0 unspecified atom stereocenters. The normalized spacial score (nSPS) is 10.3. The Bertz CT molecular complexity index is 656. The number of nitrogens with zero attached hydrogens (tertiary/aromatic N) is 1. The third-order valence-electron chi connectivity index (χ3n) is 3.76. The minimum Gasteiger partial charge on any atom is -0.493 e. The van der Waals surface area contributed by atoms with Gasteiger partial charge in [0, 0.05) is 25.6 Å². The lowest BCUT2D eigenvalue weighted by atomic mass is 10.1. The number of carbonyl (C=O) groups excluding carboxylic acids is 1. The maximum Gasteiger partial charge on any atom is 0.305 e. The van der Waals surface area contributed by atoms with Gasteiger partial charge in [0.05, 0.1) is 13.2 Å². The van der Waals surface area contributed by atoms with E-state index >= 15 is 0 Å². The molecule has 25 heavy (non-hydrogen) atoms. The fourth-order valence-corrected chi connectivity index (χ4v) is 2.45. The minimum atomic E-state index is -0.126. The number of benzene rings is 1. The predicted molar refractivity (Wildman–Crippen MR) is 99.0 cm³/mol. The van der Waals surface area contributed by atoms with Crippen LogP contribution in [0.25, 0.3) is 0 Å². The van der Waals surface area contributed by atoms with Crippen LogP contribution in [-0.4, -0.2) is 31.2 Å². The molecule has 0 aliphatic heterocycles. The van der Waals surface area contributed by atoms with Gasteiger partial charge in [0.25, 0.3) is 0 Å². The lowest BCUT2D eigenvalue weighted by Crippen LogP contribution is -2.04. The quantitative estimate of drug-likeness (QED) is 0.668. The van der Waals surface area contributed by atoms with Crippen molar-refractivity contribution >= 4 is 11.8 Å². The summed E-state index contributed by atoms with van der Waals surface area (Å²) in [7, 11) is 1.86. The fraction of sp³-hybridized carbons (Fsp3) is 0.400. The Morgan fingerprint density at radius 1 is 1.12 bits per heavy atom. The highest BCUT2D eigenvalue weighted by molar-refractivity contribution is 5.69. The topological polar surface area (TPSA) is 60.5 Å². The molecule has 0 saturated heterocycles. The van der Waals surface area contributed by atoms with Crippen molar-refractivity contribution in [3.63, 3.8) is 0 Å². The number of hydrogen-bond acceptors (Lipinski definition) is 5. The first kappa shape index (κ1) is 18.8. The third-order valence-corrected chi connectivity index (χ3v) is 3.76. The highest BCUT2D eigenvalue weighted by Gasteiger charge is 2.03. The summed E-state index contributed by atoms with van der Waals surface area (Å²) < 4.78 is 10.7.